The van der Waals surface area contributed by atoms with Crippen LogP contribution in [0.4, 0.5) is 16.0 Å². The van der Waals surface area contributed by atoms with Gasteiger partial charge in [-0.3, -0.25) is 4.79 Å². The first kappa shape index (κ1) is 16.9. The molecular weight excluding hydrogens is 295 g/mol. The van der Waals surface area contributed by atoms with Crippen LogP contribution >= 0.6 is 0 Å². The molecule has 0 aliphatic carbocycles. The monoisotopic (exact) mass is 316 g/mol. The van der Waals surface area contributed by atoms with Crippen molar-refractivity contribution in [3.63, 3.8) is 0 Å². The third-order valence-electron chi connectivity index (χ3n) is 3.39. The van der Waals surface area contributed by atoms with E-state index in [0.29, 0.717) is 11.6 Å². The lowest BCUT2D eigenvalue weighted by Crippen LogP contribution is -2.23. The number of nitrogens with one attached hydrogen (secondary N) is 1. The molecular formula is C17H21FN4O. The minimum atomic E-state index is -0.480. The minimum absolute atomic E-state index is 0.134. The van der Waals surface area contributed by atoms with Crippen molar-refractivity contribution in [2.75, 3.05) is 23.8 Å². The maximum absolute atomic E-state index is 13.6. The highest BCUT2D eigenvalue weighted by molar-refractivity contribution is 6.03. The van der Waals surface area contributed by atoms with E-state index in [2.05, 4.69) is 22.2 Å². The summed E-state index contributed by atoms with van der Waals surface area (Å²) in [5, 5.41) is 2.54. The number of aryl methyl sites for hydroxylation is 1. The van der Waals surface area contributed by atoms with Gasteiger partial charge in [0.15, 0.2) is 0 Å². The second kappa shape index (κ2) is 7.67. The zero-order chi connectivity index (χ0) is 16.8. The van der Waals surface area contributed by atoms with E-state index in [1.807, 2.05) is 11.9 Å². The summed E-state index contributed by atoms with van der Waals surface area (Å²) in [5.74, 6) is -0.435. The van der Waals surface area contributed by atoms with Crippen molar-refractivity contribution in [1.82, 2.24) is 9.97 Å². The number of rotatable bonds is 6. The number of benzene rings is 1. The zero-order valence-electron chi connectivity index (χ0n) is 13.6. The highest BCUT2D eigenvalue weighted by Gasteiger charge is 2.14. The number of carbonyl (C=O) groups is 1. The average Bonchev–Trinajstić information content (AvgIpc) is 2.54. The van der Waals surface area contributed by atoms with Gasteiger partial charge in [0.1, 0.15) is 11.5 Å². The molecule has 0 bridgehead atoms. The Hall–Kier alpha value is -2.50. The van der Waals surface area contributed by atoms with E-state index in [4.69, 9.17) is 0 Å². The second-order valence-electron chi connectivity index (χ2n) is 5.40. The second-order valence-corrected chi connectivity index (χ2v) is 5.40. The van der Waals surface area contributed by atoms with Crippen LogP contribution in [-0.2, 0) is 0 Å². The topological polar surface area (TPSA) is 58.1 Å². The Morgan fingerprint density at radius 1 is 1.30 bits per heavy atom. The van der Waals surface area contributed by atoms with Gasteiger partial charge in [-0.25, -0.2) is 14.4 Å². The number of hydrogen-bond acceptors (Lipinski definition) is 4. The van der Waals surface area contributed by atoms with Gasteiger partial charge in [0, 0.05) is 19.3 Å². The zero-order valence-corrected chi connectivity index (χ0v) is 13.6. The largest absolute Gasteiger partial charge is 0.344 e. The Balaban J connectivity index is 2.20. The van der Waals surface area contributed by atoms with E-state index in [0.717, 1.165) is 19.4 Å². The van der Waals surface area contributed by atoms with Gasteiger partial charge < -0.3 is 10.2 Å². The SMILES string of the molecule is CCCCN(C)c1nc(C)cc(C(=O)Nc2ccccc2F)n1. The van der Waals surface area contributed by atoms with E-state index in [1.54, 1.807) is 25.1 Å². The van der Waals surface area contributed by atoms with Crippen LogP contribution in [-0.4, -0.2) is 29.5 Å². The first-order valence-electron chi connectivity index (χ1n) is 7.64. The number of hydrogen-bond donors (Lipinski definition) is 1. The maximum atomic E-state index is 13.6. The van der Waals surface area contributed by atoms with Crippen LogP contribution in [0.3, 0.4) is 0 Å². The molecule has 1 N–H and O–H groups in total. The maximum Gasteiger partial charge on any atom is 0.274 e. The molecule has 0 spiro atoms. The standard InChI is InChI=1S/C17H21FN4O/c1-4-5-10-22(3)17-19-12(2)11-15(21-17)16(23)20-14-9-7-6-8-13(14)18/h6-9,11H,4-5,10H2,1-3H3,(H,20,23). The summed E-state index contributed by atoms with van der Waals surface area (Å²) < 4.78 is 13.6. The van der Waals surface area contributed by atoms with Gasteiger partial charge in [-0.1, -0.05) is 25.5 Å². The van der Waals surface area contributed by atoms with Gasteiger partial charge in [0.25, 0.3) is 5.91 Å². The normalized spacial score (nSPS) is 10.4. The van der Waals surface area contributed by atoms with E-state index in [-0.39, 0.29) is 11.4 Å². The smallest absolute Gasteiger partial charge is 0.274 e. The van der Waals surface area contributed by atoms with E-state index >= 15 is 0 Å². The number of nitrogens with zero attached hydrogens (tertiary/aromatic N) is 3. The first-order valence-corrected chi connectivity index (χ1v) is 7.64. The van der Waals surface area contributed by atoms with Crippen LogP contribution in [0.5, 0.6) is 0 Å². The van der Waals surface area contributed by atoms with Gasteiger partial charge in [0.2, 0.25) is 5.95 Å². The quantitative estimate of drug-likeness (QED) is 0.887. The third-order valence-corrected chi connectivity index (χ3v) is 3.39. The highest BCUT2D eigenvalue weighted by atomic mass is 19.1. The molecule has 0 saturated heterocycles. The number of anilines is 2. The highest BCUT2D eigenvalue weighted by Crippen LogP contribution is 2.15. The van der Waals surface area contributed by atoms with E-state index in [9.17, 15) is 9.18 Å². The number of para-hydroxylation sites is 1. The molecule has 23 heavy (non-hydrogen) atoms. The molecule has 1 aromatic heterocycles. The van der Waals surface area contributed by atoms with Gasteiger partial charge in [-0.05, 0) is 31.5 Å². The van der Waals surface area contributed by atoms with Crippen molar-refractivity contribution in [3.05, 3.63) is 47.5 Å². The number of aromatic nitrogens is 2. The van der Waals surface area contributed by atoms with Crippen molar-refractivity contribution in [2.24, 2.45) is 0 Å². The fourth-order valence-electron chi connectivity index (χ4n) is 2.08. The molecule has 1 amide bonds. The molecule has 2 aromatic rings. The van der Waals surface area contributed by atoms with Crippen molar-refractivity contribution >= 4 is 17.5 Å². The van der Waals surface area contributed by atoms with Crippen LogP contribution in [0.25, 0.3) is 0 Å². The molecule has 5 nitrogen and oxygen atoms in total. The van der Waals surface area contributed by atoms with Gasteiger partial charge in [-0.2, -0.15) is 0 Å². The Morgan fingerprint density at radius 3 is 2.74 bits per heavy atom. The predicted molar refractivity (Wildman–Crippen MR) is 89.3 cm³/mol. The molecule has 2 rings (SSSR count). The number of unbranched alkanes of at least 4 members (excludes halogenated alkanes) is 1. The number of halogens is 1. The van der Waals surface area contributed by atoms with Crippen LogP contribution in [0.1, 0.15) is 35.9 Å². The Bertz CT molecular complexity index is 690. The predicted octanol–water partition coefficient (Wildman–Crippen LogP) is 3.41. The molecule has 1 heterocycles. The number of carbonyl (C=O) groups excluding carboxylic acids is 1. The Kier molecular flexibility index (Phi) is 5.62. The lowest BCUT2D eigenvalue weighted by atomic mass is 10.2. The summed E-state index contributed by atoms with van der Waals surface area (Å²) in [6.45, 7) is 4.73. The van der Waals surface area contributed by atoms with Crippen LogP contribution in [0, 0.1) is 12.7 Å². The van der Waals surface area contributed by atoms with E-state index < -0.39 is 11.7 Å². The van der Waals surface area contributed by atoms with Crippen molar-refractivity contribution in [2.45, 2.75) is 26.7 Å². The first-order chi connectivity index (χ1) is 11.0. The van der Waals surface area contributed by atoms with Crippen molar-refractivity contribution in [1.29, 1.82) is 0 Å². The van der Waals surface area contributed by atoms with Crippen LogP contribution in [0.15, 0.2) is 30.3 Å². The average molecular weight is 316 g/mol. The molecule has 0 atom stereocenters. The summed E-state index contributed by atoms with van der Waals surface area (Å²) in [6, 6.07) is 7.63. The van der Waals surface area contributed by atoms with E-state index in [1.165, 1.54) is 12.1 Å². The van der Waals surface area contributed by atoms with Gasteiger partial charge >= 0.3 is 0 Å². The fraction of sp³-hybridized carbons (Fsp3) is 0.353. The lowest BCUT2D eigenvalue weighted by Gasteiger charge is -2.17. The van der Waals surface area contributed by atoms with Crippen molar-refractivity contribution in [3.8, 4) is 0 Å². The minimum Gasteiger partial charge on any atom is -0.344 e. The van der Waals surface area contributed by atoms with Gasteiger partial charge in [-0.15, -0.1) is 0 Å². The lowest BCUT2D eigenvalue weighted by molar-refractivity contribution is 0.102. The fourth-order valence-corrected chi connectivity index (χ4v) is 2.08. The molecule has 122 valence electrons. The molecule has 0 aliphatic heterocycles. The van der Waals surface area contributed by atoms with Gasteiger partial charge in [0.05, 0.1) is 5.69 Å². The summed E-state index contributed by atoms with van der Waals surface area (Å²) in [5.41, 5.74) is 1.05. The molecule has 0 aliphatic rings. The summed E-state index contributed by atoms with van der Waals surface area (Å²) in [7, 11) is 1.89. The van der Waals surface area contributed by atoms with Crippen LogP contribution < -0.4 is 10.2 Å². The Morgan fingerprint density at radius 2 is 2.04 bits per heavy atom. The summed E-state index contributed by atoms with van der Waals surface area (Å²) in [4.78, 5) is 22.9. The molecule has 1 aromatic carbocycles. The summed E-state index contributed by atoms with van der Waals surface area (Å²) in [6.07, 6.45) is 2.08. The Labute approximate surface area is 135 Å². The molecule has 6 heteroatoms. The third kappa shape index (κ3) is 4.48. The van der Waals surface area contributed by atoms with Crippen LogP contribution in [0.2, 0.25) is 0 Å². The molecule has 0 radical (unpaired) electrons. The summed E-state index contributed by atoms with van der Waals surface area (Å²) >= 11 is 0. The number of amides is 1. The van der Waals surface area contributed by atoms with Crippen molar-refractivity contribution < 1.29 is 9.18 Å². The molecule has 0 unspecified atom stereocenters. The molecule has 0 fully saturated rings. The molecule has 0 saturated carbocycles.